The van der Waals surface area contributed by atoms with Crippen LogP contribution < -0.4 is 5.32 Å². The number of halogens is 1. The van der Waals surface area contributed by atoms with Crippen molar-refractivity contribution in [3.8, 4) is 0 Å². The summed E-state index contributed by atoms with van der Waals surface area (Å²) in [4.78, 5) is 12.3. The predicted molar refractivity (Wildman–Crippen MR) is 113 cm³/mol. The molecule has 0 amide bonds. The molecule has 0 spiro atoms. The Bertz CT molecular complexity index is 391. The van der Waals surface area contributed by atoms with Gasteiger partial charge in [-0.3, -0.25) is 9.89 Å². The Labute approximate surface area is 163 Å². The number of thioether (sulfide) groups is 1. The Morgan fingerprint density at radius 2 is 2.00 bits per heavy atom. The molecule has 0 bridgehead atoms. The molecule has 2 heterocycles. The zero-order valence-electron chi connectivity index (χ0n) is 15.3. The number of piperazine rings is 1. The Morgan fingerprint density at radius 3 is 2.65 bits per heavy atom. The number of nitrogens with one attached hydrogen (secondary N) is 1. The number of hydrogen-bond donors (Lipinski definition) is 1. The zero-order chi connectivity index (χ0) is 16.2. The van der Waals surface area contributed by atoms with Gasteiger partial charge in [-0.1, -0.05) is 0 Å². The van der Waals surface area contributed by atoms with Crippen LogP contribution in [0.4, 0.5) is 0 Å². The molecule has 0 saturated carbocycles. The highest BCUT2D eigenvalue weighted by Gasteiger charge is 2.29. The molecule has 0 aliphatic carbocycles. The van der Waals surface area contributed by atoms with Crippen molar-refractivity contribution in [2.45, 2.75) is 31.6 Å². The molecule has 2 saturated heterocycles. The second-order valence-electron chi connectivity index (χ2n) is 7.12. The summed E-state index contributed by atoms with van der Waals surface area (Å²) in [6.07, 6.45) is 0. The van der Waals surface area contributed by atoms with Gasteiger partial charge in [-0.15, -0.1) is 24.0 Å². The molecular weight excluding hydrogens is 421 g/mol. The molecule has 2 aliphatic rings. The van der Waals surface area contributed by atoms with E-state index in [0.717, 1.165) is 51.8 Å². The minimum atomic E-state index is 0. The predicted octanol–water partition coefficient (Wildman–Crippen LogP) is 1.64. The highest BCUT2D eigenvalue weighted by Crippen LogP contribution is 2.29. The van der Waals surface area contributed by atoms with E-state index >= 15 is 0 Å². The van der Waals surface area contributed by atoms with Gasteiger partial charge in [0.05, 0.1) is 6.54 Å². The van der Waals surface area contributed by atoms with E-state index in [4.69, 9.17) is 4.99 Å². The molecule has 5 nitrogen and oxygen atoms in total. The van der Waals surface area contributed by atoms with Gasteiger partial charge in [0.2, 0.25) is 0 Å². The van der Waals surface area contributed by atoms with Crippen LogP contribution in [0.3, 0.4) is 0 Å². The first kappa shape index (κ1) is 21.3. The highest BCUT2D eigenvalue weighted by molar-refractivity contribution is 14.0. The maximum absolute atomic E-state index is 4.97. The van der Waals surface area contributed by atoms with Crippen molar-refractivity contribution in [3.05, 3.63) is 0 Å². The first-order valence-electron chi connectivity index (χ1n) is 8.47. The summed E-state index contributed by atoms with van der Waals surface area (Å²) < 4.78 is 0.316. The van der Waals surface area contributed by atoms with Crippen LogP contribution in [0.2, 0.25) is 0 Å². The fourth-order valence-electron chi connectivity index (χ4n) is 3.11. The van der Waals surface area contributed by atoms with E-state index in [0.29, 0.717) is 10.8 Å². The van der Waals surface area contributed by atoms with Crippen molar-refractivity contribution in [1.82, 2.24) is 20.0 Å². The lowest BCUT2D eigenvalue weighted by molar-refractivity contribution is 0.119. The van der Waals surface area contributed by atoms with Gasteiger partial charge in [0, 0.05) is 55.8 Å². The fourth-order valence-corrected chi connectivity index (χ4v) is 4.22. The smallest absolute Gasteiger partial charge is 0.194 e. The molecule has 1 N–H and O–H groups in total. The Morgan fingerprint density at radius 1 is 1.26 bits per heavy atom. The molecule has 2 rings (SSSR count). The number of guanidine groups is 1. The van der Waals surface area contributed by atoms with E-state index < -0.39 is 0 Å². The highest BCUT2D eigenvalue weighted by atomic mass is 127. The number of nitrogens with zero attached hydrogens (tertiary/aromatic N) is 4. The van der Waals surface area contributed by atoms with Crippen molar-refractivity contribution in [1.29, 1.82) is 0 Å². The molecule has 0 aromatic heterocycles. The second kappa shape index (κ2) is 9.68. The maximum Gasteiger partial charge on any atom is 0.194 e. The third kappa shape index (κ3) is 6.59. The van der Waals surface area contributed by atoms with E-state index in [-0.39, 0.29) is 24.0 Å². The Balaban J connectivity index is 0.00000264. The fraction of sp³-hybridized carbons (Fsp3) is 0.938. The number of hydrogen-bond acceptors (Lipinski definition) is 4. The van der Waals surface area contributed by atoms with E-state index in [1.165, 1.54) is 5.75 Å². The molecular formula is C16H34IN5S. The van der Waals surface area contributed by atoms with E-state index in [2.05, 4.69) is 66.6 Å². The summed E-state index contributed by atoms with van der Waals surface area (Å²) in [5.41, 5.74) is 0. The summed E-state index contributed by atoms with van der Waals surface area (Å²) in [6.45, 7) is 14.2. The minimum Gasteiger partial charge on any atom is -0.357 e. The first-order chi connectivity index (χ1) is 10.4. The van der Waals surface area contributed by atoms with Crippen molar-refractivity contribution < 1.29 is 0 Å². The molecule has 1 unspecified atom stereocenters. The lowest BCUT2D eigenvalue weighted by Crippen LogP contribution is -2.53. The summed E-state index contributed by atoms with van der Waals surface area (Å²) in [5, 5.41) is 3.49. The van der Waals surface area contributed by atoms with Gasteiger partial charge in [-0.2, -0.15) is 11.8 Å². The summed E-state index contributed by atoms with van der Waals surface area (Å²) in [6, 6.07) is 0.527. The maximum atomic E-state index is 4.97. The van der Waals surface area contributed by atoms with Crippen molar-refractivity contribution in [3.63, 3.8) is 0 Å². The van der Waals surface area contributed by atoms with Crippen molar-refractivity contribution in [2.75, 3.05) is 65.7 Å². The van der Waals surface area contributed by atoms with Crippen LogP contribution in [0.25, 0.3) is 0 Å². The first-order valence-corrected chi connectivity index (χ1v) is 9.46. The van der Waals surface area contributed by atoms with Gasteiger partial charge in [0.15, 0.2) is 5.96 Å². The van der Waals surface area contributed by atoms with E-state index in [9.17, 15) is 0 Å². The third-order valence-electron chi connectivity index (χ3n) is 4.49. The largest absolute Gasteiger partial charge is 0.357 e. The van der Waals surface area contributed by atoms with Gasteiger partial charge in [-0.25, -0.2) is 0 Å². The molecule has 7 heteroatoms. The van der Waals surface area contributed by atoms with Crippen LogP contribution >= 0.6 is 35.7 Å². The van der Waals surface area contributed by atoms with Crippen molar-refractivity contribution in [2.24, 2.45) is 4.99 Å². The number of aliphatic imine (C=N–C) groups is 1. The molecule has 1 atom stereocenters. The third-order valence-corrected chi connectivity index (χ3v) is 5.79. The van der Waals surface area contributed by atoms with E-state index in [1.54, 1.807) is 0 Å². The Kier molecular flexibility index (Phi) is 8.97. The van der Waals surface area contributed by atoms with Gasteiger partial charge < -0.3 is 15.1 Å². The summed E-state index contributed by atoms with van der Waals surface area (Å²) >= 11 is 2.07. The minimum absolute atomic E-state index is 0. The van der Waals surface area contributed by atoms with Gasteiger partial charge in [0.25, 0.3) is 0 Å². The molecule has 2 fully saturated rings. The van der Waals surface area contributed by atoms with E-state index in [1.807, 2.05) is 0 Å². The lowest BCUT2D eigenvalue weighted by Gasteiger charge is -2.40. The number of rotatable bonds is 3. The molecule has 136 valence electrons. The average molecular weight is 455 g/mol. The van der Waals surface area contributed by atoms with Gasteiger partial charge >= 0.3 is 0 Å². The Hall–Kier alpha value is 0.270. The second-order valence-corrected chi connectivity index (χ2v) is 8.92. The summed E-state index contributed by atoms with van der Waals surface area (Å²) in [7, 11) is 4.43. The standard InChI is InChI=1S/C16H33N5S.HI/c1-6-17-15(21-9-10-22-16(2,3)13-21)18-11-14-12-19(4)7-8-20(14)5;/h14H,6-13H2,1-5H3,(H,17,18);1H. The van der Waals surface area contributed by atoms with Crippen LogP contribution in [-0.4, -0.2) is 97.1 Å². The summed E-state index contributed by atoms with van der Waals surface area (Å²) in [5.74, 6) is 2.28. The van der Waals surface area contributed by atoms with Crippen molar-refractivity contribution >= 4 is 41.7 Å². The number of likely N-dealkylation sites (N-methyl/N-ethyl adjacent to an activating group) is 2. The molecule has 2 aliphatic heterocycles. The van der Waals surface area contributed by atoms with Gasteiger partial charge in [-0.05, 0) is 34.9 Å². The SMILES string of the molecule is CCNC(=NCC1CN(C)CCN1C)N1CCSC(C)(C)C1.I. The molecule has 23 heavy (non-hydrogen) atoms. The van der Waals surface area contributed by atoms with Crippen LogP contribution in [0, 0.1) is 0 Å². The average Bonchev–Trinajstić information content (AvgIpc) is 2.45. The van der Waals surface area contributed by atoms with Crippen LogP contribution in [0.5, 0.6) is 0 Å². The van der Waals surface area contributed by atoms with Crippen LogP contribution in [-0.2, 0) is 0 Å². The lowest BCUT2D eigenvalue weighted by atomic mass is 10.2. The topological polar surface area (TPSA) is 34.1 Å². The molecule has 0 aromatic rings. The quantitative estimate of drug-likeness (QED) is 0.398. The molecule has 0 radical (unpaired) electrons. The van der Waals surface area contributed by atoms with Gasteiger partial charge in [0.1, 0.15) is 0 Å². The molecule has 0 aromatic carbocycles. The normalized spacial score (nSPS) is 26.7. The van der Waals surface area contributed by atoms with Crippen LogP contribution in [0.1, 0.15) is 20.8 Å². The zero-order valence-corrected chi connectivity index (χ0v) is 18.5. The monoisotopic (exact) mass is 455 g/mol. The van der Waals surface area contributed by atoms with Crippen LogP contribution in [0.15, 0.2) is 4.99 Å².